The molecule has 0 radical (unpaired) electrons. The number of aromatic hydroxyl groups is 1. The van der Waals surface area contributed by atoms with Crippen LogP contribution in [0.5, 0.6) is 17.4 Å². The summed E-state index contributed by atoms with van der Waals surface area (Å²) in [6.07, 6.45) is 0. The Labute approximate surface area is 170 Å². The van der Waals surface area contributed by atoms with E-state index >= 15 is 0 Å². The van der Waals surface area contributed by atoms with Gasteiger partial charge in [-0.15, -0.1) is 10.2 Å². The molecule has 8 heteroatoms. The Balaban J connectivity index is 1.79. The van der Waals surface area contributed by atoms with Gasteiger partial charge in [0.15, 0.2) is 12.3 Å². The molecule has 2 aromatic carbocycles. The monoisotopic (exact) mass is 445 g/mol. The lowest BCUT2D eigenvalue weighted by molar-refractivity contribution is -0.120. The molecular weight excluding hydrogens is 426 g/mol. The molecule has 0 bridgehead atoms. The molecule has 146 valence electrons. The first-order valence-electron chi connectivity index (χ1n) is 8.64. The highest BCUT2D eigenvalue weighted by molar-refractivity contribution is 9.10. The van der Waals surface area contributed by atoms with E-state index in [1.165, 1.54) is 0 Å². The third-order valence-electron chi connectivity index (χ3n) is 4.11. The van der Waals surface area contributed by atoms with Crippen molar-refractivity contribution in [3.05, 3.63) is 46.9 Å². The van der Waals surface area contributed by atoms with Gasteiger partial charge in [0.25, 0.3) is 0 Å². The highest BCUT2D eigenvalue weighted by Gasteiger charge is 2.19. The lowest BCUT2D eigenvalue weighted by atomic mass is 10.2. The zero-order valence-corrected chi connectivity index (χ0v) is 17.3. The Morgan fingerprint density at radius 1 is 1.18 bits per heavy atom. The van der Waals surface area contributed by atoms with Crippen molar-refractivity contribution in [3.8, 4) is 17.4 Å². The van der Waals surface area contributed by atoms with Gasteiger partial charge in [0.05, 0.1) is 12.6 Å². The van der Waals surface area contributed by atoms with E-state index in [0.29, 0.717) is 16.9 Å². The number of carbonyl (C=O) groups is 1. The molecule has 28 heavy (non-hydrogen) atoms. The summed E-state index contributed by atoms with van der Waals surface area (Å²) in [5, 5.41) is 19.0. The molecule has 0 aliphatic heterocycles. The minimum absolute atomic E-state index is 0.0155. The number of hydrogen-bond acceptors (Lipinski definition) is 5. The number of carbonyl (C=O) groups excluding carboxylic acids is 1. The number of nitrogens with zero attached hydrogens (tertiary/aromatic N) is 3. The largest absolute Gasteiger partial charge is 0.497 e. The zero-order chi connectivity index (χ0) is 20.3. The lowest BCUT2D eigenvalue weighted by Gasteiger charge is -2.10. The lowest BCUT2D eigenvalue weighted by Crippen LogP contribution is -2.07. The van der Waals surface area contributed by atoms with Crippen LogP contribution in [0, 0.1) is 0 Å². The van der Waals surface area contributed by atoms with Crippen molar-refractivity contribution in [1.82, 2.24) is 4.57 Å². The molecular formula is C20H20BrN3O4. The molecule has 0 fully saturated rings. The molecule has 3 rings (SSSR count). The van der Waals surface area contributed by atoms with E-state index in [0.717, 1.165) is 9.99 Å². The maximum atomic E-state index is 12.1. The second kappa shape index (κ2) is 8.43. The van der Waals surface area contributed by atoms with Crippen LogP contribution in [0.2, 0.25) is 0 Å². The third kappa shape index (κ3) is 4.17. The van der Waals surface area contributed by atoms with Gasteiger partial charge in [-0.25, -0.2) is 0 Å². The van der Waals surface area contributed by atoms with Crippen LogP contribution in [-0.2, 0) is 4.79 Å². The van der Waals surface area contributed by atoms with Crippen LogP contribution in [0.15, 0.2) is 57.2 Å². The van der Waals surface area contributed by atoms with Gasteiger partial charge < -0.3 is 19.1 Å². The van der Waals surface area contributed by atoms with Crippen molar-refractivity contribution in [3.63, 3.8) is 0 Å². The highest BCUT2D eigenvalue weighted by atomic mass is 79.9. The summed E-state index contributed by atoms with van der Waals surface area (Å²) in [4.78, 5) is 12.1. The predicted molar refractivity (Wildman–Crippen MR) is 110 cm³/mol. The average molecular weight is 446 g/mol. The molecule has 1 heterocycles. The van der Waals surface area contributed by atoms with Gasteiger partial charge in [0.2, 0.25) is 5.88 Å². The smallest absolute Gasteiger partial charge is 0.302 e. The second-order valence-corrected chi connectivity index (χ2v) is 7.27. The molecule has 1 amide bonds. The van der Waals surface area contributed by atoms with Crippen molar-refractivity contribution in [2.75, 3.05) is 13.7 Å². The fourth-order valence-corrected chi connectivity index (χ4v) is 3.19. The fraction of sp³-hybridized carbons (Fsp3) is 0.250. The van der Waals surface area contributed by atoms with E-state index in [2.05, 4.69) is 26.2 Å². The normalized spacial score (nSPS) is 11.5. The number of amides is 1. The summed E-state index contributed by atoms with van der Waals surface area (Å²) < 4.78 is 13.1. The van der Waals surface area contributed by atoms with Gasteiger partial charge in [-0.1, -0.05) is 15.9 Å². The highest BCUT2D eigenvalue weighted by Crippen LogP contribution is 2.41. The van der Waals surface area contributed by atoms with E-state index in [1.54, 1.807) is 35.9 Å². The van der Waals surface area contributed by atoms with Gasteiger partial charge in [-0.2, -0.15) is 0 Å². The number of halogens is 1. The number of rotatable bonds is 6. The first-order valence-corrected chi connectivity index (χ1v) is 9.44. The average Bonchev–Trinajstić information content (AvgIpc) is 2.95. The number of fused-ring (bicyclic) bond motifs is 1. The molecule has 7 nitrogen and oxygen atoms in total. The summed E-state index contributed by atoms with van der Waals surface area (Å²) in [6, 6.07) is 12.5. The number of azo groups is 1. The Morgan fingerprint density at radius 3 is 2.50 bits per heavy atom. The fourth-order valence-electron chi connectivity index (χ4n) is 2.83. The molecule has 0 atom stereocenters. The van der Waals surface area contributed by atoms with Crippen LogP contribution in [0.4, 0.5) is 5.69 Å². The van der Waals surface area contributed by atoms with Crippen LogP contribution in [-0.4, -0.2) is 29.3 Å². The maximum absolute atomic E-state index is 12.1. The molecule has 3 aromatic rings. The molecule has 0 saturated heterocycles. The molecule has 0 aliphatic carbocycles. The van der Waals surface area contributed by atoms with Gasteiger partial charge in [-0.05, 0) is 56.3 Å². The number of ether oxygens (including phenoxy) is 2. The van der Waals surface area contributed by atoms with Gasteiger partial charge in [-0.3, -0.25) is 4.79 Å². The number of benzene rings is 2. The Bertz CT molecular complexity index is 1030. The minimum Gasteiger partial charge on any atom is -0.497 e. The van der Waals surface area contributed by atoms with Gasteiger partial charge in [0, 0.05) is 15.9 Å². The van der Waals surface area contributed by atoms with E-state index in [9.17, 15) is 9.90 Å². The van der Waals surface area contributed by atoms with Crippen LogP contribution in [0.1, 0.15) is 19.9 Å². The summed E-state index contributed by atoms with van der Waals surface area (Å²) in [7, 11) is 1.57. The van der Waals surface area contributed by atoms with Crippen LogP contribution >= 0.6 is 15.9 Å². The number of hydrogen-bond donors (Lipinski definition) is 1. The topological polar surface area (TPSA) is 85.4 Å². The number of aromatic nitrogens is 1. The predicted octanol–water partition coefficient (Wildman–Crippen LogP) is 5.39. The van der Waals surface area contributed by atoms with Crippen molar-refractivity contribution in [1.29, 1.82) is 0 Å². The van der Waals surface area contributed by atoms with Gasteiger partial charge in [0.1, 0.15) is 11.5 Å². The van der Waals surface area contributed by atoms with Crippen LogP contribution in [0.25, 0.3) is 10.9 Å². The molecule has 1 N–H and O–H groups in total. The van der Waals surface area contributed by atoms with Crippen LogP contribution in [0.3, 0.4) is 0 Å². The molecule has 1 aromatic heterocycles. The van der Waals surface area contributed by atoms with Crippen LogP contribution < -0.4 is 9.47 Å². The third-order valence-corrected chi connectivity index (χ3v) is 4.61. The summed E-state index contributed by atoms with van der Waals surface area (Å²) >= 11 is 3.42. The maximum Gasteiger partial charge on any atom is 0.302 e. The van der Waals surface area contributed by atoms with Crippen molar-refractivity contribution < 1.29 is 19.4 Å². The van der Waals surface area contributed by atoms with Gasteiger partial charge >= 0.3 is 5.91 Å². The molecule has 0 aliphatic rings. The van der Waals surface area contributed by atoms with E-state index in [-0.39, 0.29) is 24.2 Å². The number of methoxy groups -OCH3 is 1. The summed E-state index contributed by atoms with van der Waals surface area (Å²) in [5.74, 6) is 0.625. The summed E-state index contributed by atoms with van der Waals surface area (Å²) in [6.45, 7) is 3.65. The SMILES string of the molecule is COc1ccc(OCC(=O)N=Nc2c(O)n(C(C)C)c3ccc(Br)cc23)cc1. The zero-order valence-electron chi connectivity index (χ0n) is 15.7. The van der Waals surface area contributed by atoms with Crippen molar-refractivity contribution in [2.45, 2.75) is 19.9 Å². The Kier molecular flexibility index (Phi) is 5.99. The molecule has 0 saturated carbocycles. The van der Waals surface area contributed by atoms with Crippen molar-refractivity contribution in [2.24, 2.45) is 10.2 Å². The molecule has 0 spiro atoms. The Morgan fingerprint density at radius 2 is 1.86 bits per heavy atom. The first kappa shape index (κ1) is 19.9. The second-order valence-electron chi connectivity index (χ2n) is 6.36. The molecule has 0 unspecified atom stereocenters. The Hall–Kier alpha value is -2.87. The quantitative estimate of drug-likeness (QED) is 0.515. The van der Waals surface area contributed by atoms with E-state index in [1.807, 2.05) is 32.0 Å². The minimum atomic E-state index is -0.560. The standard InChI is InChI=1S/C20H20BrN3O4/c1-12(2)24-17-9-4-13(21)10-16(17)19(20(24)26)23-22-18(25)11-28-15-7-5-14(27-3)6-8-15/h4-10,12,26H,11H2,1-3H3. The van der Waals surface area contributed by atoms with Crippen molar-refractivity contribution >= 4 is 38.4 Å². The first-order chi connectivity index (χ1) is 13.4. The van der Waals surface area contributed by atoms with E-state index < -0.39 is 5.91 Å². The summed E-state index contributed by atoms with van der Waals surface area (Å²) in [5.41, 5.74) is 1.06. The van der Waals surface area contributed by atoms with E-state index in [4.69, 9.17) is 9.47 Å².